The average molecular weight is 793 g/mol. The summed E-state index contributed by atoms with van der Waals surface area (Å²) >= 11 is 0. The molecule has 0 saturated carbocycles. The van der Waals surface area contributed by atoms with Crippen molar-refractivity contribution in [1.29, 1.82) is 0 Å². The van der Waals surface area contributed by atoms with Crippen LogP contribution >= 0.6 is 0 Å². The lowest BCUT2D eigenvalue weighted by atomic mass is 9.99. The molecule has 0 radical (unpaired) electrons. The van der Waals surface area contributed by atoms with E-state index in [2.05, 4.69) is 34.6 Å². The Balaban J connectivity index is 4.30. The van der Waals surface area contributed by atoms with E-state index in [-0.39, 0.29) is 31.1 Å². The number of carbonyl (C=O) groups is 3. The van der Waals surface area contributed by atoms with Crippen molar-refractivity contribution in [3.05, 3.63) is 0 Å². The van der Waals surface area contributed by atoms with Crippen molar-refractivity contribution in [2.24, 2.45) is 11.8 Å². The molecule has 0 N–H and O–H groups in total. The molecule has 6 heteroatoms. The van der Waals surface area contributed by atoms with Crippen LogP contribution in [0.3, 0.4) is 0 Å². The summed E-state index contributed by atoms with van der Waals surface area (Å²) in [6.45, 7) is 11.4. The molecule has 0 aliphatic rings. The monoisotopic (exact) mass is 793 g/mol. The molecule has 56 heavy (non-hydrogen) atoms. The van der Waals surface area contributed by atoms with E-state index in [9.17, 15) is 14.4 Å². The highest BCUT2D eigenvalue weighted by Gasteiger charge is 2.19. The van der Waals surface area contributed by atoms with Crippen molar-refractivity contribution in [3.63, 3.8) is 0 Å². The SMILES string of the molecule is CCCCCCCCCCCC(=O)OC[C@H](COC(=O)CCCCCCCCCCCCC(C)CC)OC(=O)CCCCCCCCCCCCCCC(C)C. The van der Waals surface area contributed by atoms with Gasteiger partial charge in [-0.25, -0.2) is 0 Å². The highest BCUT2D eigenvalue weighted by atomic mass is 16.6. The van der Waals surface area contributed by atoms with Crippen LogP contribution in [0, 0.1) is 11.8 Å². The van der Waals surface area contributed by atoms with Crippen LogP contribution in [0.1, 0.15) is 272 Å². The Labute approximate surface area is 348 Å². The Morgan fingerprint density at radius 1 is 0.375 bits per heavy atom. The first-order valence-electron chi connectivity index (χ1n) is 24.8. The molecule has 332 valence electrons. The van der Waals surface area contributed by atoms with Gasteiger partial charge < -0.3 is 14.2 Å². The third-order valence-corrected chi connectivity index (χ3v) is 11.6. The highest BCUT2D eigenvalue weighted by Crippen LogP contribution is 2.17. The van der Waals surface area contributed by atoms with Gasteiger partial charge in [0.2, 0.25) is 0 Å². The zero-order valence-corrected chi connectivity index (χ0v) is 38.3. The molecule has 0 bridgehead atoms. The van der Waals surface area contributed by atoms with Crippen LogP contribution in [0.25, 0.3) is 0 Å². The predicted molar refractivity (Wildman–Crippen MR) is 238 cm³/mol. The second-order valence-corrected chi connectivity index (χ2v) is 17.8. The summed E-state index contributed by atoms with van der Waals surface area (Å²) in [5.41, 5.74) is 0. The summed E-state index contributed by atoms with van der Waals surface area (Å²) in [4.78, 5) is 37.8. The lowest BCUT2D eigenvalue weighted by molar-refractivity contribution is -0.167. The Kier molecular flexibility index (Phi) is 41.8. The van der Waals surface area contributed by atoms with Gasteiger partial charge in [-0.05, 0) is 31.1 Å². The van der Waals surface area contributed by atoms with Gasteiger partial charge in [-0.1, -0.05) is 234 Å². The summed E-state index contributed by atoms with van der Waals surface area (Å²) in [5, 5.41) is 0. The molecule has 6 nitrogen and oxygen atoms in total. The zero-order valence-electron chi connectivity index (χ0n) is 38.3. The molecule has 0 aliphatic heterocycles. The van der Waals surface area contributed by atoms with E-state index in [1.54, 1.807) is 0 Å². The molecular formula is C50H96O6. The van der Waals surface area contributed by atoms with Gasteiger partial charge in [-0.15, -0.1) is 0 Å². The molecule has 0 fully saturated rings. The molecule has 2 atom stereocenters. The number of rotatable bonds is 44. The number of unbranched alkanes of at least 4 members (excludes halogenated alkanes) is 28. The van der Waals surface area contributed by atoms with E-state index in [1.807, 2.05) is 0 Å². The molecule has 0 aromatic carbocycles. The average Bonchev–Trinajstić information content (AvgIpc) is 3.18. The van der Waals surface area contributed by atoms with E-state index in [4.69, 9.17) is 14.2 Å². The fourth-order valence-electron chi connectivity index (χ4n) is 7.43. The van der Waals surface area contributed by atoms with Gasteiger partial charge in [0.1, 0.15) is 13.2 Å². The fraction of sp³-hybridized carbons (Fsp3) is 0.940. The minimum absolute atomic E-state index is 0.0643. The van der Waals surface area contributed by atoms with Crippen molar-refractivity contribution in [3.8, 4) is 0 Å². The van der Waals surface area contributed by atoms with E-state index in [1.165, 1.54) is 161 Å². The third-order valence-electron chi connectivity index (χ3n) is 11.6. The van der Waals surface area contributed by atoms with Gasteiger partial charge >= 0.3 is 17.9 Å². The van der Waals surface area contributed by atoms with Crippen LogP contribution in [0.15, 0.2) is 0 Å². The maximum atomic E-state index is 12.7. The number of esters is 3. The normalized spacial score (nSPS) is 12.5. The quantitative estimate of drug-likeness (QED) is 0.0347. The Morgan fingerprint density at radius 3 is 1.02 bits per heavy atom. The van der Waals surface area contributed by atoms with Crippen LogP contribution < -0.4 is 0 Å². The minimum atomic E-state index is -0.760. The number of carbonyl (C=O) groups excluding carboxylic acids is 3. The van der Waals surface area contributed by atoms with Crippen LogP contribution in [-0.2, 0) is 28.6 Å². The van der Waals surface area contributed by atoms with E-state index in [0.717, 1.165) is 69.6 Å². The molecule has 0 rings (SSSR count). The Hall–Kier alpha value is -1.59. The number of hydrogen-bond acceptors (Lipinski definition) is 6. The zero-order chi connectivity index (χ0) is 41.2. The first-order chi connectivity index (χ1) is 27.3. The summed E-state index contributed by atoms with van der Waals surface area (Å²) in [6.07, 6.45) is 42.2. The number of ether oxygens (including phenoxy) is 3. The summed E-state index contributed by atoms with van der Waals surface area (Å²) < 4.78 is 16.8. The second-order valence-electron chi connectivity index (χ2n) is 17.8. The molecule has 0 aromatic rings. The molecule has 1 unspecified atom stereocenters. The molecule has 0 amide bonds. The van der Waals surface area contributed by atoms with Gasteiger partial charge in [0.05, 0.1) is 0 Å². The van der Waals surface area contributed by atoms with E-state index in [0.29, 0.717) is 19.3 Å². The Bertz CT molecular complexity index is 856. The van der Waals surface area contributed by atoms with Crippen LogP contribution in [-0.4, -0.2) is 37.2 Å². The second kappa shape index (κ2) is 43.0. The van der Waals surface area contributed by atoms with Crippen LogP contribution in [0.5, 0.6) is 0 Å². The molecule has 0 heterocycles. The van der Waals surface area contributed by atoms with Gasteiger partial charge in [0.25, 0.3) is 0 Å². The largest absolute Gasteiger partial charge is 0.462 e. The van der Waals surface area contributed by atoms with Crippen molar-refractivity contribution in [1.82, 2.24) is 0 Å². The predicted octanol–water partition coefficient (Wildman–Crippen LogP) is 15.8. The lowest BCUT2D eigenvalue weighted by Gasteiger charge is -2.18. The fourth-order valence-corrected chi connectivity index (χ4v) is 7.43. The van der Waals surface area contributed by atoms with Gasteiger partial charge in [0.15, 0.2) is 6.10 Å². The Morgan fingerprint density at radius 2 is 0.679 bits per heavy atom. The first-order valence-corrected chi connectivity index (χ1v) is 24.8. The minimum Gasteiger partial charge on any atom is -0.462 e. The van der Waals surface area contributed by atoms with Gasteiger partial charge in [-0.2, -0.15) is 0 Å². The van der Waals surface area contributed by atoms with Gasteiger partial charge in [0, 0.05) is 19.3 Å². The first kappa shape index (κ1) is 54.4. The van der Waals surface area contributed by atoms with Crippen molar-refractivity contribution in [2.75, 3.05) is 13.2 Å². The third kappa shape index (κ3) is 42.0. The van der Waals surface area contributed by atoms with Crippen LogP contribution in [0.2, 0.25) is 0 Å². The summed E-state index contributed by atoms with van der Waals surface area (Å²) in [6, 6.07) is 0. The topological polar surface area (TPSA) is 78.9 Å². The lowest BCUT2D eigenvalue weighted by Crippen LogP contribution is -2.30. The molecular weight excluding hydrogens is 697 g/mol. The maximum absolute atomic E-state index is 12.7. The summed E-state index contributed by atoms with van der Waals surface area (Å²) in [5.74, 6) is 0.848. The van der Waals surface area contributed by atoms with Crippen molar-refractivity contribution in [2.45, 2.75) is 278 Å². The highest BCUT2D eigenvalue weighted by molar-refractivity contribution is 5.71. The summed E-state index contributed by atoms with van der Waals surface area (Å²) in [7, 11) is 0. The number of hydrogen-bond donors (Lipinski definition) is 0. The van der Waals surface area contributed by atoms with Gasteiger partial charge in [-0.3, -0.25) is 14.4 Å². The van der Waals surface area contributed by atoms with E-state index >= 15 is 0 Å². The van der Waals surface area contributed by atoms with Crippen LogP contribution in [0.4, 0.5) is 0 Å². The van der Waals surface area contributed by atoms with Crippen molar-refractivity contribution >= 4 is 17.9 Å². The smallest absolute Gasteiger partial charge is 0.306 e. The van der Waals surface area contributed by atoms with E-state index < -0.39 is 6.10 Å². The molecule has 0 aromatic heterocycles. The van der Waals surface area contributed by atoms with Crippen molar-refractivity contribution < 1.29 is 28.6 Å². The maximum Gasteiger partial charge on any atom is 0.306 e. The molecule has 0 aliphatic carbocycles. The standard InChI is InChI=1S/C50H96O6/c1-6-8-9-10-11-18-25-30-35-40-48(51)54-43-47(44-55-49(52)41-36-31-26-21-17-16-20-24-29-34-39-46(5)7-2)56-50(53)42-37-32-27-22-15-13-12-14-19-23-28-33-38-45(3)4/h45-47H,6-44H2,1-5H3/t46?,47-/m1/s1. The molecule has 0 saturated heterocycles. The molecule has 0 spiro atoms.